The first-order valence-electron chi connectivity index (χ1n) is 5.97. The Bertz CT molecular complexity index is 444. The molecule has 0 atom stereocenters. The van der Waals surface area contributed by atoms with Crippen LogP contribution in [0.4, 0.5) is 11.5 Å². The summed E-state index contributed by atoms with van der Waals surface area (Å²) >= 11 is 0. The second-order valence-corrected chi connectivity index (χ2v) is 4.35. The van der Waals surface area contributed by atoms with Gasteiger partial charge in [0.1, 0.15) is 5.82 Å². The van der Waals surface area contributed by atoms with Crippen molar-refractivity contribution in [2.24, 2.45) is 0 Å². The van der Waals surface area contributed by atoms with Crippen molar-refractivity contribution >= 4 is 17.5 Å². The number of nitrogen functional groups attached to an aromatic ring is 1. The number of nitrogens with zero attached hydrogens (tertiary/aromatic N) is 1. The number of hydrogen-bond donors (Lipinski definition) is 3. The van der Waals surface area contributed by atoms with E-state index in [1.165, 1.54) is 12.3 Å². The number of carbonyl (C=O) groups is 1. The van der Waals surface area contributed by atoms with E-state index in [0.29, 0.717) is 18.0 Å². The molecule has 1 aliphatic rings. The highest BCUT2D eigenvalue weighted by Gasteiger charge is 2.29. The van der Waals surface area contributed by atoms with Gasteiger partial charge in [-0.25, -0.2) is 9.78 Å². The van der Waals surface area contributed by atoms with Gasteiger partial charge in [0.05, 0.1) is 23.6 Å². The first-order chi connectivity index (χ1) is 8.60. The molecule has 98 valence electrons. The fourth-order valence-electron chi connectivity index (χ4n) is 1.99. The molecule has 18 heavy (non-hydrogen) atoms. The van der Waals surface area contributed by atoms with Crippen molar-refractivity contribution in [1.82, 2.24) is 4.98 Å². The van der Waals surface area contributed by atoms with Crippen LogP contribution < -0.4 is 11.1 Å². The van der Waals surface area contributed by atoms with E-state index in [9.17, 15) is 4.79 Å². The highest BCUT2D eigenvalue weighted by Crippen LogP contribution is 2.27. The average molecular weight is 251 g/mol. The number of nitrogens with two attached hydrogens (primary N) is 1. The molecule has 1 aromatic heterocycles. The van der Waals surface area contributed by atoms with Crippen LogP contribution in [-0.4, -0.2) is 34.8 Å². The van der Waals surface area contributed by atoms with Crippen LogP contribution in [0.15, 0.2) is 12.3 Å². The largest absolute Gasteiger partial charge is 0.478 e. The van der Waals surface area contributed by atoms with Gasteiger partial charge in [-0.1, -0.05) is 0 Å². The number of anilines is 2. The predicted molar refractivity (Wildman–Crippen MR) is 67.7 cm³/mol. The molecule has 0 saturated heterocycles. The zero-order valence-corrected chi connectivity index (χ0v) is 10.2. The highest BCUT2D eigenvalue weighted by atomic mass is 16.5. The summed E-state index contributed by atoms with van der Waals surface area (Å²) in [4.78, 5) is 15.0. The molecule has 6 nitrogen and oxygen atoms in total. The molecule has 1 heterocycles. The monoisotopic (exact) mass is 251 g/mol. The average Bonchev–Trinajstić information content (AvgIpc) is 2.28. The fourth-order valence-corrected chi connectivity index (χ4v) is 1.99. The van der Waals surface area contributed by atoms with Gasteiger partial charge in [-0.15, -0.1) is 0 Å². The standard InChI is InChI=1S/C12H17N3O3/c1-2-18-8-3-7(4-8)15-11-5-9(12(16)17)10(13)6-14-11/h5-8H,2-4,13H2,1H3,(H,14,15)(H,16,17). The minimum atomic E-state index is -1.04. The lowest BCUT2D eigenvalue weighted by Gasteiger charge is -2.35. The van der Waals surface area contributed by atoms with Crippen LogP contribution >= 0.6 is 0 Å². The van der Waals surface area contributed by atoms with E-state index in [1.807, 2.05) is 6.92 Å². The Labute approximate surface area is 105 Å². The fraction of sp³-hybridized carbons (Fsp3) is 0.500. The van der Waals surface area contributed by atoms with Crippen molar-refractivity contribution in [3.8, 4) is 0 Å². The zero-order chi connectivity index (χ0) is 13.1. The van der Waals surface area contributed by atoms with E-state index in [0.717, 1.165) is 19.4 Å². The van der Waals surface area contributed by atoms with Gasteiger partial charge >= 0.3 is 5.97 Å². The number of rotatable bonds is 5. The predicted octanol–water partition coefficient (Wildman–Crippen LogP) is 1.34. The van der Waals surface area contributed by atoms with Gasteiger partial charge in [0.25, 0.3) is 0 Å². The lowest BCUT2D eigenvalue weighted by molar-refractivity contribution is 0.00291. The van der Waals surface area contributed by atoms with Gasteiger partial charge in [0, 0.05) is 12.6 Å². The smallest absolute Gasteiger partial charge is 0.337 e. The zero-order valence-electron chi connectivity index (χ0n) is 10.2. The third-order valence-electron chi connectivity index (χ3n) is 3.01. The van der Waals surface area contributed by atoms with Crippen LogP contribution in [0.1, 0.15) is 30.1 Å². The summed E-state index contributed by atoms with van der Waals surface area (Å²) in [6.07, 6.45) is 3.51. The number of aromatic carboxylic acids is 1. The summed E-state index contributed by atoms with van der Waals surface area (Å²) in [6, 6.07) is 1.75. The summed E-state index contributed by atoms with van der Waals surface area (Å²) < 4.78 is 5.45. The molecule has 0 amide bonds. The lowest BCUT2D eigenvalue weighted by atomic mass is 9.89. The van der Waals surface area contributed by atoms with Crippen LogP contribution in [0, 0.1) is 0 Å². The van der Waals surface area contributed by atoms with Crippen LogP contribution in [0.3, 0.4) is 0 Å². The van der Waals surface area contributed by atoms with Crippen LogP contribution in [0.25, 0.3) is 0 Å². The SMILES string of the molecule is CCOC1CC(Nc2cc(C(=O)O)c(N)cn2)C1. The Morgan fingerprint density at radius 3 is 3.00 bits per heavy atom. The van der Waals surface area contributed by atoms with Crippen molar-refractivity contribution in [3.63, 3.8) is 0 Å². The van der Waals surface area contributed by atoms with Gasteiger partial charge in [0.15, 0.2) is 0 Å². The second-order valence-electron chi connectivity index (χ2n) is 4.35. The van der Waals surface area contributed by atoms with Gasteiger partial charge < -0.3 is 20.9 Å². The van der Waals surface area contributed by atoms with Crippen LogP contribution in [-0.2, 0) is 4.74 Å². The van der Waals surface area contributed by atoms with Crippen LogP contribution in [0.5, 0.6) is 0 Å². The van der Waals surface area contributed by atoms with Crippen molar-refractivity contribution < 1.29 is 14.6 Å². The molecule has 0 radical (unpaired) electrons. The number of carboxylic acids is 1. The van der Waals surface area contributed by atoms with Gasteiger partial charge in [-0.05, 0) is 25.8 Å². The Balaban J connectivity index is 1.95. The van der Waals surface area contributed by atoms with E-state index in [2.05, 4.69) is 10.3 Å². The lowest BCUT2D eigenvalue weighted by Crippen LogP contribution is -2.41. The number of nitrogens with one attached hydrogen (secondary N) is 1. The van der Waals surface area contributed by atoms with E-state index in [4.69, 9.17) is 15.6 Å². The third kappa shape index (κ3) is 2.70. The number of pyridine rings is 1. The number of ether oxygens (including phenoxy) is 1. The number of hydrogen-bond acceptors (Lipinski definition) is 5. The molecule has 0 unspecified atom stereocenters. The quantitative estimate of drug-likeness (QED) is 0.730. The molecule has 0 bridgehead atoms. The van der Waals surface area contributed by atoms with Crippen molar-refractivity contribution in [2.75, 3.05) is 17.7 Å². The molecule has 0 spiro atoms. The molecule has 2 rings (SSSR count). The first-order valence-corrected chi connectivity index (χ1v) is 5.97. The summed E-state index contributed by atoms with van der Waals surface area (Å²) in [5.74, 6) is -0.500. The topological polar surface area (TPSA) is 97.5 Å². The van der Waals surface area contributed by atoms with Crippen molar-refractivity contribution in [1.29, 1.82) is 0 Å². The minimum absolute atomic E-state index is 0.0770. The molecule has 6 heteroatoms. The highest BCUT2D eigenvalue weighted by molar-refractivity contribution is 5.94. The van der Waals surface area contributed by atoms with E-state index >= 15 is 0 Å². The van der Waals surface area contributed by atoms with Gasteiger partial charge in [0.2, 0.25) is 0 Å². The Hall–Kier alpha value is -1.82. The maximum absolute atomic E-state index is 10.9. The molecule has 1 aliphatic carbocycles. The number of aromatic nitrogens is 1. The van der Waals surface area contributed by atoms with E-state index in [-0.39, 0.29) is 11.3 Å². The molecule has 1 fully saturated rings. The van der Waals surface area contributed by atoms with Crippen LogP contribution in [0.2, 0.25) is 0 Å². The molecule has 0 aliphatic heterocycles. The van der Waals surface area contributed by atoms with Crippen molar-refractivity contribution in [2.45, 2.75) is 31.9 Å². The number of carboxylic acid groups (broad SMARTS) is 1. The summed E-state index contributed by atoms with van der Waals surface area (Å²) in [5.41, 5.74) is 5.79. The summed E-state index contributed by atoms with van der Waals surface area (Å²) in [5, 5.41) is 12.1. The molecule has 1 saturated carbocycles. The Kier molecular flexibility index (Phi) is 3.66. The first kappa shape index (κ1) is 12.6. The normalized spacial score (nSPS) is 22.3. The second kappa shape index (κ2) is 5.22. The van der Waals surface area contributed by atoms with Crippen molar-refractivity contribution in [3.05, 3.63) is 17.8 Å². The third-order valence-corrected chi connectivity index (χ3v) is 3.01. The summed E-state index contributed by atoms with van der Waals surface area (Å²) in [6.45, 7) is 2.70. The molecule has 4 N–H and O–H groups in total. The van der Waals surface area contributed by atoms with E-state index < -0.39 is 5.97 Å². The molecular weight excluding hydrogens is 234 g/mol. The molecular formula is C12H17N3O3. The van der Waals surface area contributed by atoms with E-state index in [1.54, 1.807) is 0 Å². The maximum Gasteiger partial charge on any atom is 0.337 e. The van der Waals surface area contributed by atoms with Gasteiger partial charge in [-0.3, -0.25) is 0 Å². The maximum atomic E-state index is 10.9. The van der Waals surface area contributed by atoms with Gasteiger partial charge in [-0.2, -0.15) is 0 Å². The molecule has 1 aromatic rings. The Morgan fingerprint density at radius 2 is 2.39 bits per heavy atom. The Morgan fingerprint density at radius 1 is 1.67 bits per heavy atom. The minimum Gasteiger partial charge on any atom is -0.478 e. The summed E-state index contributed by atoms with van der Waals surface area (Å²) in [7, 11) is 0. The molecule has 0 aromatic carbocycles.